The molecule has 0 atom stereocenters. The highest BCUT2D eigenvalue weighted by atomic mass is 14.7. The van der Waals surface area contributed by atoms with Gasteiger partial charge in [-0.25, -0.2) is 0 Å². The average Bonchev–Trinajstić information content (AvgIpc) is 2.65. The molecular weight excluding hydrogens is 184 g/mol. The van der Waals surface area contributed by atoms with Crippen LogP contribution in [0.15, 0.2) is 53.8 Å². The first-order valence-electron chi connectivity index (χ1n) is 4.93. The Kier molecular flexibility index (Phi) is 1.78. The van der Waals surface area contributed by atoms with Crippen molar-refractivity contribution in [1.29, 1.82) is 0 Å². The number of nitrogens with one attached hydrogen (secondary N) is 1. The molecule has 1 aliphatic heterocycles. The van der Waals surface area contributed by atoms with Gasteiger partial charge >= 0.3 is 0 Å². The molecule has 0 bridgehead atoms. The smallest absolute Gasteiger partial charge is 0.0795 e. The van der Waals surface area contributed by atoms with Crippen LogP contribution in [0.3, 0.4) is 0 Å². The average molecular weight is 194 g/mol. The van der Waals surface area contributed by atoms with E-state index < -0.39 is 0 Å². The van der Waals surface area contributed by atoms with Gasteiger partial charge in [0.05, 0.1) is 5.36 Å². The highest BCUT2D eigenvalue weighted by Crippen LogP contribution is 2.04. The van der Waals surface area contributed by atoms with Gasteiger partial charge in [-0.15, -0.1) is 0 Å². The Morgan fingerprint density at radius 2 is 2.00 bits per heavy atom. The van der Waals surface area contributed by atoms with Crippen molar-refractivity contribution in [2.45, 2.75) is 0 Å². The zero-order valence-corrected chi connectivity index (χ0v) is 8.14. The molecule has 0 fully saturated rings. The van der Waals surface area contributed by atoms with Crippen LogP contribution in [-0.4, -0.2) is 4.98 Å². The molecule has 3 rings (SSSR count). The fourth-order valence-corrected chi connectivity index (χ4v) is 1.80. The SMILES string of the molecule is C1=C\C=c2\ccc3[nH]ccc3\c2=N\C=C/1. The minimum Gasteiger partial charge on any atom is -0.361 e. The second kappa shape index (κ2) is 3.24. The maximum absolute atomic E-state index is 4.46. The number of allylic oxidation sites excluding steroid dienone is 3. The summed E-state index contributed by atoms with van der Waals surface area (Å²) in [5, 5.41) is 3.36. The van der Waals surface area contributed by atoms with E-state index in [1.165, 1.54) is 5.39 Å². The van der Waals surface area contributed by atoms with E-state index in [0.717, 1.165) is 16.1 Å². The number of aromatic nitrogens is 1. The third-order valence-corrected chi connectivity index (χ3v) is 2.52. The Morgan fingerprint density at radius 3 is 3.00 bits per heavy atom. The molecule has 0 unspecified atom stereocenters. The summed E-state index contributed by atoms with van der Waals surface area (Å²) >= 11 is 0. The highest BCUT2D eigenvalue weighted by Gasteiger charge is 1.97. The molecular formula is C13H10N2. The molecule has 0 saturated carbocycles. The van der Waals surface area contributed by atoms with Gasteiger partial charge in [-0.05, 0) is 18.2 Å². The van der Waals surface area contributed by atoms with Gasteiger partial charge in [0.25, 0.3) is 0 Å². The zero-order valence-electron chi connectivity index (χ0n) is 8.14. The molecule has 72 valence electrons. The van der Waals surface area contributed by atoms with Crippen LogP contribution in [0, 0.1) is 0 Å². The van der Waals surface area contributed by atoms with Crippen LogP contribution in [0.4, 0.5) is 0 Å². The van der Waals surface area contributed by atoms with Crippen LogP contribution >= 0.6 is 0 Å². The number of fused-ring (bicyclic) bond motifs is 3. The maximum Gasteiger partial charge on any atom is 0.0795 e. The van der Waals surface area contributed by atoms with Crippen LogP contribution < -0.4 is 10.6 Å². The maximum atomic E-state index is 4.46. The zero-order chi connectivity index (χ0) is 10.1. The molecule has 1 aromatic heterocycles. The lowest BCUT2D eigenvalue weighted by atomic mass is 10.2. The topological polar surface area (TPSA) is 28.1 Å². The Hall–Kier alpha value is -2.09. The summed E-state index contributed by atoms with van der Waals surface area (Å²) in [6.45, 7) is 0. The number of hydrogen-bond donors (Lipinski definition) is 1. The van der Waals surface area contributed by atoms with Crippen molar-refractivity contribution in [1.82, 2.24) is 4.98 Å². The fourth-order valence-electron chi connectivity index (χ4n) is 1.80. The number of nitrogens with zero attached hydrogens (tertiary/aromatic N) is 1. The van der Waals surface area contributed by atoms with Gasteiger partial charge in [0, 0.05) is 28.5 Å². The number of benzene rings is 1. The van der Waals surface area contributed by atoms with E-state index in [0.29, 0.717) is 0 Å². The van der Waals surface area contributed by atoms with E-state index in [1.54, 1.807) is 0 Å². The van der Waals surface area contributed by atoms with E-state index in [9.17, 15) is 0 Å². The lowest BCUT2D eigenvalue weighted by Crippen LogP contribution is -2.24. The summed E-state index contributed by atoms with van der Waals surface area (Å²) < 4.78 is 0. The van der Waals surface area contributed by atoms with Crippen LogP contribution in [-0.2, 0) is 0 Å². The first kappa shape index (κ1) is 8.24. The first-order chi connectivity index (χ1) is 7.45. The Balaban J connectivity index is 2.57. The molecule has 0 saturated heterocycles. The van der Waals surface area contributed by atoms with Crippen molar-refractivity contribution >= 4 is 17.0 Å². The predicted octanol–water partition coefficient (Wildman–Crippen LogP) is 1.65. The van der Waals surface area contributed by atoms with Crippen LogP contribution in [0.5, 0.6) is 0 Å². The number of H-pyrrole nitrogens is 1. The summed E-state index contributed by atoms with van der Waals surface area (Å²) in [6.07, 6.45) is 11.8. The Morgan fingerprint density at radius 1 is 1.00 bits per heavy atom. The van der Waals surface area contributed by atoms with Crippen LogP contribution in [0.2, 0.25) is 0 Å². The second-order valence-corrected chi connectivity index (χ2v) is 3.46. The predicted molar refractivity (Wildman–Crippen MR) is 61.8 cm³/mol. The summed E-state index contributed by atoms with van der Waals surface area (Å²) in [4.78, 5) is 7.65. The molecule has 2 aromatic rings. The van der Waals surface area contributed by atoms with Crippen molar-refractivity contribution < 1.29 is 0 Å². The van der Waals surface area contributed by atoms with E-state index >= 15 is 0 Å². The number of rotatable bonds is 0. The van der Waals surface area contributed by atoms with Gasteiger partial charge in [-0.3, -0.25) is 4.99 Å². The molecule has 2 heterocycles. The Labute approximate surface area is 87.0 Å². The van der Waals surface area contributed by atoms with Gasteiger partial charge < -0.3 is 4.98 Å². The lowest BCUT2D eigenvalue weighted by Gasteiger charge is -1.94. The van der Waals surface area contributed by atoms with Gasteiger partial charge in [-0.1, -0.05) is 24.3 Å². The molecule has 15 heavy (non-hydrogen) atoms. The Bertz CT molecular complexity index is 672. The normalized spacial score (nSPS) is 22.7. The molecule has 0 aliphatic carbocycles. The fraction of sp³-hybridized carbons (Fsp3) is 0. The first-order valence-corrected chi connectivity index (χ1v) is 4.93. The largest absolute Gasteiger partial charge is 0.361 e. The molecule has 1 aromatic carbocycles. The summed E-state index contributed by atoms with van der Waals surface area (Å²) in [5.74, 6) is 0. The van der Waals surface area contributed by atoms with E-state index in [-0.39, 0.29) is 0 Å². The second-order valence-electron chi connectivity index (χ2n) is 3.46. The minimum atomic E-state index is 1.04. The monoisotopic (exact) mass is 194 g/mol. The third kappa shape index (κ3) is 1.31. The summed E-state index contributed by atoms with van der Waals surface area (Å²) in [5.41, 5.74) is 1.13. The minimum absolute atomic E-state index is 1.04. The number of aromatic amines is 1. The van der Waals surface area contributed by atoms with Gasteiger partial charge in [0.15, 0.2) is 0 Å². The molecule has 2 heteroatoms. The molecule has 0 amide bonds. The summed E-state index contributed by atoms with van der Waals surface area (Å²) in [7, 11) is 0. The van der Waals surface area contributed by atoms with E-state index in [4.69, 9.17) is 0 Å². The summed E-state index contributed by atoms with van der Waals surface area (Å²) in [6, 6.07) is 6.23. The van der Waals surface area contributed by atoms with Crippen LogP contribution in [0.25, 0.3) is 17.0 Å². The molecule has 0 radical (unpaired) electrons. The van der Waals surface area contributed by atoms with E-state index in [2.05, 4.69) is 34.3 Å². The van der Waals surface area contributed by atoms with Crippen molar-refractivity contribution in [2.24, 2.45) is 4.99 Å². The molecule has 0 spiro atoms. The standard InChI is InChI=1S/C13H10N2/c1-2-4-10-5-6-12-11(7-9-14-12)13(10)15-8-3-1/h1-9,14H/b2-1-,3-1?,4-2?,8-3-,10-4-,15-8?,15-13+. The third-order valence-electron chi connectivity index (χ3n) is 2.52. The van der Waals surface area contributed by atoms with Crippen LogP contribution in [0.1, 0.15) is 0 Å². The van der Waals surface area contributed by atoms with Gasteiger partial charge in [0.2, 0.25) is 0 Å². The van der Waals surface area contributed by atoms with E-state index in [1.807, 2.05) is 30.6 Å². The van der Waals surface area contributed by atoms with Crippen molar-refractivity contribution in [3.63, 3.8) is 0 Å². The molecule has 1 N–H and O–H groups in total. The number of hydrogen-bond acceptors (Lipinski definition) is 1. The van der Waals surface area contributed by atoms with Gasteiger partial charge in [-0.2, -0.15) is 0 Å². The van der Waals surface area contributed by atoms with Gasteiger partial charge in [0.1, 0.15) is 0 Å². The van der Waals surface area contributed by atoms with Crippen molar-refractivity contribution in [2.75, 3.05) is 0 Å². The lowest BCUT2D eigenvalue weighted by molar-refractivity contribution is 1.34. The molecule has 2 nitrogen and oxygen atoms in total. The quantitative estimate of drug-likeness (QED) is 0.660. The van der Waals surface area contributed by atoms with Crippen molar-refractivity contribution in [3.8, 4) is 0 Å². The highest BCUT2D eigenvalue weighted by molar-refractivity contribution is 5.79. The molecule has 1 aliphatic rings. The van der Waals surface area contributed by atoms with Crippen molar-refractivity contribution in [3.05, 3.63) is 59.4 Å².